The molecule has 0 bridgehead atoms. The summed E-state index contributed by atoms with van der Waals surface area (Å²) in [6, 6.07) is 7.51. The van der Waals surface area contributed by atoms with Crippen molar-refractivity contribution in [1.82, 2.24) is 0 Å². The molecule has 1 atom stereocenters. The van der Waals surface area contributed by atoms with Crippen LogP contribution >= 0.6 is 15.9 Å². The van der Waals surface area contributed by atoms with E-state index >= 15 is 0 Å². The molecule has 1 rings (SSSR count). The number of rotatable bonds is 5. The standard InChI is InChI=1S/C12H17BrO/c1-2-3-11(9-13)8-10-4-6-12(14)7-5-10/h4-7,11,14H,2-3,8-9H2,1H3. The van der Waals surface area contributed by atoms with Crippen LogP contribution in [0.4, 0.5) is 0 Å². The first-order valence-corrected chi connectivity index (χ1v) is 6.22. The smallest absolute Gasteiger partial charge is 0.115 e. The number of alkyl halides is 1. The van der Waals surface area contributed by atoms with Gasteiger partial charge in [-0.05, 0) is 36.5 Å². The summed E-state index contributed by atoms with van der Waals surface area (Å²) in [6.07, 6.45) is 3.58. The van der Waals surface area contributed by atoms with Crippen molar-refractivity contribution in [2.24, 2.45) is 5.92 Å². The van der Waals surface area contributed by atoms with Gasteiger partial charge in [-0.25, -0.2) is 0 Å². The minimum Gasteiger partial charge on any atom is -0.508 e. The summed E-state index contributed by atoms with van der Waals surface area (Å²) in [5.74, 6) is 1.06. The lowest BCUT2D eigenvalue weighted by atomic mass is 9.97. The molecule has 0 saturated carbocycles. The Bertz CT molecular complexity index is 256. The van der Waals surface area contributed by atoms with Gasteiger partial charge < -0.3 is 5.11 Å². The predicted molar refractivity (Wildman–Crippen MR) is 64.0 cm³/mol. The lowest BCUT2D eigenvalue weighted by Crippen LogP contribution is -2.05. The Morgan fingerprint density at radius 3 is 2.43 bits per heavy atom. The van der Waals surface area contributed by atoms with Crippen LogP contribution in [0.3, 0.4) is 0 Å². The molecule has 0 aliphatic heterocycles. The van der Waals surface area contributed by atoms with E-state index in [2.05, 4.69) is 22.9 Å². The van der Waals surface area contributed by atoms with Gasteiger partial charge in [0, 0.05) is 5.33 Å². The summed E-state index contributed by atoms with van der Waals surface area (Å²) in [5.41, 5.74) is 1.31. The Hall–Kier alpha value is -0.500. The summed E-state index contributed by atoms with van der Waals surface area (Å²) >= 11 is 3.54. The average molecular weight is 257 g/mol. The number of phenols is 1. The largest absolute Gasteiger partial charge is 0.508 e. The zero-order valence-corrected chi connectivity index (χ0v) is 10.1. The van der Waals surface area contributed by atoms with Crippen molar-refractivity contribution < 1.29 is 5.11 Å². The van der Waals surface area contributed by atoms with Gasteiger partial charge in [-0.3, -0.25) is 0 Å². The van der Waals surface area contributed by atoms with Crippen molar-refractivity contribution >= 4 is 15.9 Å². The van der Waals surface area contributed by atoms with E-state index in [9.17, 15) is 0 Å². The summed E-state index contributed by atoms with van der Waals surface area (Å²) in [6.45, 7) is 2.21. The van der Waals surface area contributed by atoms with E-state index in [0.29, 0.717) is 11.7 Å². The summed E-state index contributed by atoms with van der Waals surface area (Å²) < 4.78 is 0. The molecule has 0 aromatic heterocycles. The minimum absolute atomic E-state index is 0.347. The molecule has 0 aliphatic carbocycles. The minimum atomic E-state index is 0.347. The third-order valence-electron chi connectivity index (χ3n) is 2.38. The zero-order chi connectivity index (χ0) is 10.4. The lowest BCUT2D eigenvalue weighted by molar-refractivity contribution is 0.474. The molecule has 2 heteroatoms. The van der Waals surface area contributed by atoms with Crippen molar-refractivity contribution in [3.63, 3.8) is 0 Å². The van der Waals surface area contributed by atoms with Crippen molar-refractivity contribution in [2.75, 3.05) is 5.33 Å². The maximum atomic E-state index is 9.14. The van der Waals surface area contributed by atoms with E-state index in [1.807, 2.05) is 12.1 Å². The fraction of sp³-hybridized carbons (Fsp3) is 0.500. The summed E-state index contributed by atoms with van der Waals surface area (Å²) in [5, 5.41) is 10.2. The monoisotopic (exact) mass is 256 g/mol. The Labute approximate surface area is 94.3 Å². The SMILES string of the molecule is CCCC(CBr)Cc1ccc(O)cc1. The van der Waals surface area contributed by atoms with Gasteiger partial charge in [-0.15, -0.1) is 0 Å². The first kappa shape index (κ1) is 11.6. The van der Waals surface area contributed by atoms with Crippen molar-refractivity contribution in [3.8, 4) is 5.75 Å². The van der Waals surface area contributed by atoms with Crippen LogP contribution in [0, 0.1) is 5.92 Å². The number of phenolic OH excluding ortho intramolecular Hbond substituents is 1. The highest BCUT2D eigenvalue weighted by Gasteiger charge is 2.06. The van der Waals surface area contributed by atoms with Crippen LogP contribution in [-0.4, -0.2) is 10.4 Å². The Balaban J connectivity index is 2.53. The van der Waals surface area contributed by atoms with E-state index in [-0.39, 0.29) is 0 Å². The van der Waals surface area contributed by atoms with Gasteiger partial charge in [-0.2, -0.15) is 0 Å². The van der Waals surface area contributed by atoms with Gasteiger partial charge in [0.15, 0.2) is 0 Å². The fourth-order valence-electron chi connectivity index (χ4n) is 1.61. The van der Waals surface area contributed by atoms with E-state index in [0.717, 1.165) is 11.8 Å². The number of halogens is 1. The molecule has 78 valence electrons. The zero-order valence-electron chi connectivity index (χ0n) is 8.54. The molecule has 1 aromatic carbocycles. The number of hydrogen-bond donors (Lipinski definition) is 1. The average Bonchev–Trinajstić information content (AvgIpc) is 2.20. The van der Waals surface area contributed by atoms with E-state index < -0.39 is 0 Å². The third-order valence-corrected chi connectivity index (χ3v) is 3.29. The molecular formula is C12H17BrO. The molecule has 0 amide bonds. The Morgan fingerprint density at radius 2 is 1.93 bits per heavy atom. The van der Waals surface area contributed by atoms with Crippen LogP contribution in [0.15, 0.2) is 24.3 Å². The number of aromatic hydroxyl groups is 1. The molecule has 1 N–H and O–H groups in total. The van der Waals surface area contributed by atoms with Crippen LogP contribution in [0.2, 0.25) is 0 Å². The van der Waals surface area contributed by atoms with Crippen molar-refractivity contribution in [3.05, 3.63) is 29.8 Å². The molecule has 14 heavy (non-hydrogen) atoms. The van der Waals surface area contributed by atoms with Crippen LogP contribution in [0.5, 0.6) is 5.75 Å². The van der Waals surface area contributed by atoms with Gasteiger partial charge in [0.1, 0.15) is 5.75 Å². The number of benzene rings is 1. The van der Waals surface area contributed by atoms with Crippen molar-refractivity contribution in [1.29, 1.82) is 0 Å². The maximum Gasteiger partial charge on any atom is 0.115 e. The normalized spacial score (nSPS) is 12.7. The molecular weight excluding hydrogens is 240 g/mol. The molecule has 1 nitrogen and oxygen atoms in total. The molecule has 0 heterocycles. The summed E-state index contributed by atoms with van der Waals surface area (Å²) in [7, 11) is 0. The molecule has 0 fully saturated rings. The topological polar surface area (TPSA) is 20.2 Å². The second-order valence-corrected chi connectivity index (χ2v) is 4.33. The van der Waals surface area contributed by atoms with Crippen LogP contribution in [0.1, 0.15) is 25.3 Å². The molecule has 0 spiro atoms. The molecule has 0 aliphatic rings. The highest BCUT2D eigenvalue weighted by Crippen LogP contribution is 2.18. The first-order chi connectivity index (χ1) is 6.76. The van der Waals surface area contributed by atoms with E-state index in [1.165, 1.54) is 18.4 Å². The van der Waals surface area contributed by atoms with Gasteiger partial charge in [0.2, 0.25) is 0 Å². The molecule has 0 radical (unpaired) electrons. The Kier molecular flexibility index (Phi) is 5.02. The van der Waals surface area contributed by atoms with Crippen molar-refractivity contribution in [2.45, 2.75) is 26.2 Å². The highest BCUT2D eigenvalue weighted by atomic mass is 79.9. The maximum absolute atomic E-state index is 9.14. The van der Waals surface area contributed by atoms with Gasteiger partial charge in [0.05, 0.1) is 0 Å². The Morgan fingerprint density at radius 1 is 1.29 bits per heavy atom. The molecule has 1 aromatic rings. The van der Waals surface area contributed by atoms with Gasteiger partial charge in [0.25, 0.3) is 0 Å². The first-order valence-electron chi connectivity index (χ1n) is 5.10. The van der Waals surface area contributed by atoms with Crippen LogP contribution in [0.25, 0.3) is 0 Å². The predicted octanol–water partition coefficient (Wildman–Crippen LogP) is 3.75. The third kappa shape index (κ3) is 3.70. The lowest BCUT2D eigenvalue weighted by Gasteiger charge is -2.12. The highest BCUT2D eigenvalue weighted by molar-refractivity contribution is 9.09. The number of hydrogen-bond acceptors (Lipinski definition) is 1. The second kappa shape index (κ2) is 6.07. The summed E-state index contributed by atoms with van der Waals surface area (Å²) in [4.78, 5) is 0. The van der Waals surface area contributed by atoms with Crippen LogP contribution < -0.4 is 0 Å². The quantitative estimate of drug-likeness (QED) is 0.796. The fourth-order valence-corrected chi connectivity index (χ4v) is 2.16. The van der Waals surface area contributed by atoms with Gasteiger partial charge in [-0.1, -0.05) is 41.4 Å². The van der Waals surface area contributed by atoms with E-state index in [4.69, 9.17) is 5.11 Å². The molecule has 0 saturated heterocycles. The second-order valence-electron chi connectivity index (χ2n) is 3.68. The van der Waals surface area contributed by atoms with Crippen LogP contribution in [-0.2, 0) is 6.42 Å². The van der Waals surface area contributed by atoms with E-state index in [1.54, 1.807) is 12.1 Å². The molecule has 1 unspecified atom stereocenters. The van der Waals surface area contributed by atoms with Gasteiger partial charge >= 0.3 is 0 Å².